The van der Waals surface area contributed by atoms with Crippen molar-refractivity contribution in [3.05, 3.63) is 65.7 Å². The zero-order chi connectivity index (χ0) is 15.5. The molecule has 0 radical (unpaired) electrons. The van der Waals surface area contributed by atoms with Gasteiger partial charge in [-0.3, -0.25) is 0 Å². The molecule has 0 spiro atoms. The summed E-state index contributed by atoms with van der Waals surface area (Å²) in [5, 5.41) is 0. The number of aryl methyl sites for hydroxylation is 1. The van der Waals surface area contributed by atoms with Gasteiger partial charge in [0.1, 0.15) is 5.75 Å². The molecule has 0 fully saturated rings. The van der Waals surface area contributed by atoms with Gasteiger partial charge in [-0.15, -0.1) is 0 Å². The van der Waals surface area contributed by atoms with E-state index in [1.54, 1.807) is 0 Å². The Kier molecular flexibility index (Phi) is 7.54. The maximum atomic E-state index is 5.80. The molecule has 118 valence electrons. The molecule has 0 aliphatic heterocycles. The van der Waals surface area contributed by atoms with E-state index in [1.165, 1.54) is 17.5 Å². The summed E-state index contributed by atoms with van der Waals surface area (Å²) >= 11 is 0. The average molecular weight is 298 g/mol. The first-order valence-corrected chi connectivity index (χ1v) is 8.22. The van der Waals surface area contributed by atoms with Gasteiger partial charge in [0.15, 0.2) is 0 Å². The first kappa shape index (κ1) is 16.6. The molecular weight excluding hydrogens is 272 g/mol. The van der Waals surface area contributed by atoms with E-state index in [0.717, 1.165) is 38.2 Å². The number of unbranched alkanes of at least 4 members (excludes halogenated alkanes) is 1. The quantitative estimate of drug-likeness (QED) is 0.574. The fourth-order valence-corrected chi connectivity index (χ4v) is 2.34. The Morgan fingerprint density at radius 1 is 0.818 bits per heavy atom. The van der Waals surface area contributed by atoms with Gasteiger partial charge in [0.25, 0.3) is 0 Å². The van der Waals surface area contributed by atoms with Gasteiger partial charge in [-0.05, 0) is 42.5 Å². The van der Waals surface area contributed by atoms with Crippen molar-refractivity contribution >= 4 is 0 Å². The molecule has 0 bridgehead atoms. The number of ether oxygens (including phenoxy) is 2. The zero-order valence-electron chi connectivity index (χ0n) is 13.5. The summed E-state index contributed by atoms with van der Waals surface area (Å²) in [5.74, 6) is 0.983. The third kappa shape index (κ3) is 6.31. The highest BCUT2D eigenvalue weighted by Gasteiger charge is 1.97. The summed E-state index contributed by atoms with van der Waals surface area (Å²) < 4.78 is 11.5. The minimum absolute atomic E-state index is 0.695. The van der Waals surface area contributed by atoms with Crippen LogP contribution in [0.4, 0.5) is 0 Å². The van der Waals surface area contributed by atoms with Crippen LogP contribution in [-0.2, 0) is 17.8 Å². The molecule has 0 heterocycles. The normalized spacial score (nSPS) is 10.6. The lowest BCUT2D eigenvalue weighted by Crippen LogP contribution is -2.01. The van der Waals surface area contributed by atoms with Crippen molar-refractivity contribution in [2.75, 3.05) is 13.2 Å². The van der Waals surface area contributed by atoms with Crippen LogP contribution in [0.2, 0.25) is 0 Å². The highest BCUT2D eigenvalue weighted by molar-refractivity contribution is 5.28. The second-order valence-electron chi connectivity index (χ2n) is 5.49. The van der Waals surface area contributed by atoms with Crippen molar-refractivity contribution in [3.8, 4) is 5.75 Å². The van der Waals surface area contributed by atoms with E-state index in [4.69, 9.17) is 9.47 Å². The Morgan fingerprint density at radius 3 is 2.41 bits per heavy atom. The van der Waals surface area contributed by atoms with E-state index >= 15 is 0 Å². The molecule has 0 atom stereocenters. The van der Waals surface area contributed by atoms with Crippen LogP contribution in [0.15, 0.2) is 54.6 Å². The van der Waals surface area contributed by atoms with E-state index in [-0.39, 0.29) is 0 Å². The lowest BCUT2D eigenvalue weighted by atomic mass is 10.1. The summed E-state index contributed by atoms with van der Waals surface area (Å²) in [6.07, 6.45) is 4.33. The number of hydrogen-bond acceptors (Lipinski definition) is 2. The van der Waals surface area contributed by atoms with Crippen LogP contribution < -0.4 is 4.74 Å². The van der Waals surface area contributed by atoms with Crippen LogP contribution in [0.5, 0.6) is 5.75 Å². The monoisotopic (exact) mass is 298 g/mol. The van der Waals surface area contributed by atoms with Crippen molar-refractivity contribution in [2.24, 2.45) is 0 Å². The van der Waals surface area contributed by atoms with Crippen molar-refractivity contribution in [1.82, 2.24) is 0 Å². The van der Waals surface area contributed by atoms with Gasteiger partial charge >= 0.3 is 0 Å². The predicted octanol–water partition coefficient (Wildman–Crippen LogP) is 5.01. The highest BCUT2D eigenvalue weighted by atomic mass is 16.5. The minimum atomic E-state index is 0.695. The zero-order valence-corrected chi connectivity index (χ0v) is 13.5. The van der Waals surface area contributed by atoms with Gasteiger partial charge in [0.05, 0.1) is 13.2 Å². The Bertz CT molecular complexity index is 522. The van der Waals surface area contributed by atoms with E-state index < -0.39 is 0 Å². The molecule has 0 saturated carbocycles. The Morgan fingerprint density at radius 2 is 1.59 bits per heavy atom. The van der Waals surface area contributed by atoms with E-state index in [1.807, 2.05) is 24.3 Å². The average Bonchev–Trinajstić information content (AvgIpc) is 2.56. The van der Waals surface area contributed by atoms with Crippen molar-refractivity contribution in [1.29, 1.82) is 0 Å². The van der Waals surface area contributed by atoms with Crippen molar-refractivity contribution in [3.63, 3.8) is 0 Å². The van der Waals surface area contributed by atoms with Gasteiger partial charge in [0, 0.05) is 6.61 Å². The Labute approximate surface area is 134 Å². The molecule has 2 heteroatoms. The fourth-order valence-electron chi connectivity index (χ4n) is 2.34. The molecule has 2 aromatic rings. The number of benzene rings is 2. The van der Waals surface area contributed by atoms with Crippen LogP contribution in [0.1, 0.15) is 37.3 Å². The highest BCUT2D eigenvalue weighted by Crippen LogP contribution is 2.15. The van der Waals surface area contributed by atoms with Gasteiger partial charge in [-0.25, -0.2) is 0 Å². The topological polar surface area (TPSA) is 18.5 Å². The van der Waals surface area contributed by atoms with E-state index in [0.29, 0.717) is 6.61 Å². The van der Waals surface area contributed by atoms with Gasteiger partial charge in [-0.2, -0.15) is 0 Å². The Balaban J connectivity index is 1.55. The van der Waals surface area contributed by atoms with Gasteiger partial charge < -0.3 is 9.47 Å². The van der Waals surface area contributed by atoms with Crippen LogP contribution in [0.3, 0.4) is 0 Å². The van der Waals surface area contributed by atoms with E-state index in [2.05, 4.69) is 37.3 Å². The molecule has 0 unspecified atom stereocenters. The molecule has 2 rings (SSSR count). The second kappa shape index (κ2) is 10.0. The summed E-state index contributed by atoms with van der Waals surface area (Å²) in [6.45, 7) is 4.43. The summed E-state index contributed by atoms with van der Waals surface area (Å²) in [7, 11) is 0. The first-order valence-electron chi connectivity index (χ1n) is 8.22. The summed E-state index contributed by atoms with van der Waals surface area (Å²) in [5.41, 5.74) is 2.58. The van der Waals surface area contributed by atoms with Crippen LogP contribution in [-0.4, -0.2) is 13.2 Å². The largest absolute Gasteiger partial charge is 0.494 e. The lowest BCUT2D eigenvalue weighted by Gasteiger charge is -2.08. The maximum Gasteiger partial charge on any atom is 0.119 e. The second-order valence-corrected chi connectivity index (χ2v) is 5.49. The first-order chi connectivity index (χ1) is 10.9. The minimum Gasteiger partial charge on any atom is -0.494 e. The van der Waals surface area contributed by atoms with E-state index in [9.17, 15) is 0 Å². The smallest absolute Gasteiger partial charge is 0.119 e. The molecule has 2 nitrogen and oxygen atoms in total. The van der Waals surface area contributed by atoms with Crippen LogP contribution in [0, 0.1) is 0 Å². The van der Waals surface area contributed by atoms with Gasteiger partial charge in [-0.1, -0.05) is 55.8 Å². The molecule has 0 saturated heterocycles. The van der Waals surface area contributed by atoms with Gasteiger partial charge in [0.2, 0.25) is 0 Å². The van der Waals surface area contributed by atoms with Crippen molar-refractivity contribution in [2.45, 2.75) is 39.2 Å². The van der Waals surface area contributed by atoms with Crippen LogP contribution in [0.25, 0.3) is 0 Å². The number of hydrogen-bond donors (Lipinski definition) is 0. The molecular formula is C20H26O2. The standard InChI is InChI=1S/C20H26O2/c1-2-9-18-12-8-13-20(16-18)22-15-7-6-14-21-17-19-10-4-3-5-11-19/h3-5,8,10-13,16H,2,6-7,9,14-15,17H2,1H3. The van der Waals surface area contributed by atoms with Crippen LogP contribution >= 0.6 is 0 Å². The maximum absolute atomic E-state index is 5.80. The molecule has 0 aliphatic rings. The summed E-state index contributed by atoms with van der Waals surface area (Å²) in [6, 6.07) is 18.7. The summed E-state index contributed by atoms with van der Waals surface area (Å²) in [4.78, 5) is 0. The third-order valence-electron chi connectivity index (χ3n) is 3.50. The predicted molar refractivity (Wildman–Crippen MR) is 91.3 cm³/mol. The molecule has 0 amide bonds. The molecule has 0 aliphatic carbocycles. The Hall–Kier alpha value is -1.80. The molecule has 2 aromatic carbocycles. The molecule has 22 heavy (non-hydrogen) atoms. The fraction of sp³-hybridized carbons (Fsp3) is 0.400. The third-order valence-corrected chi connectivity index (χ3v) is 3.50. The lowest BCUT2D eigenvalue weighted by molar-refractivity contribution is 0.113. The molecule has 0 N–H and O–H groups in total. The number of rotatable bonds is 10. The van der Waals surface area contributed by atoms with Crippen molar-refractivity contribution < 1.29 is 9.47 Å². The molecule has 0 aromatic heterocycles. The SMILES string of the molecule is CCCc1cccc(OCCCCOCc2ccccc2)c1.